The molecular weight excluding hydrogens is 318 g/mol. The monoisotopic (exact) mass is 347 g/mol. The Morgan fingerprint density at radius 1 is 0.524 bits per heavy atom. The van der Waals surface area contributed by atoms with E-state index in [1.807, 2.05) is 0 Å². The molecule has 0 spiro atoms. The molecule has 3 aliphatic heterocycles. The SMILES string of the molecule is C1CCC(C2CCCC(C3CCCC[N-]3)[N-]2)[N-]C1.O.O.[Cu+2]. The van der Waals surface area contributed by atoms with Crippen molar-refractivity contribution in [3.63, 3.8) is 0 Å². The molecule has 0 aromatic rings. The van der Waals surface area contributed by atoms with Crippen LogP contribution in [0.5, 0.6) is 0 Å². The van der Waals surface area contributed by atoms with Gasteiger partial charge >= 0.3 is 17.1 Å². The minimum Gasteiger partial charge on any atom is -0.661 e. The van der Waals surface area contributed by atoms with Gasteiger partial charge in [-0.2, -0.15) is 24.2 Å². The Balaban J connectivity index is 0.00000133. The van der Waals surface area contributed by atoms with Crippen LogP contribution in [0.2, 0.25) is 0 Å². The van der Waals surface area contributed by atoms with Crippen LogP contribution < -0.4 is 0 Å². The number of hydrogen-bond donors (Lipinski definition) is 0. The molecule has 1 radical (unpaired) electrons. The molecule has 0 saturated carbocycles. The standard InChI is InChI=1S/C15H26N3.Cu.2H2O/c1-3-10-16-12(6-1)14-8-5-9-15(18-14)13-7-2-4-11-17-13;;;/h12-15H,1-11H2;;2*1H2/q-3;+2;;. The molecule has 0 aliphatic carbocycles. The largest absolute Gasteiger partial charge is 2.00 e. The van der Waals surface area contributed by atoms with E-state index >= 15 is 0 Å². The molecule has 4 N–H and O–H groups in total. The molecule has 0 aromatic carbocycles. The van der Waals surface area contributed by atoms with Gasteiger partial charge in [-0.1, -0.05) is 57.8 Å². The second-order valence-electron chi connectivity index (χ2n) is 6.15. The van der Waals surface area contributed by atoms with E-state index in [1.54, 1.807) is 0 Å². The number of nitrogens with zero attached hydrogens (tertiary/aromatic N) is 3. The van der Waals surface area contributed by atoms with Crippen molar-refractivity contribution in [3.05, 3.63) is 16.0 Å². The molecule has 0 amide bonds. The first-order valence-corrected chi connectivity index (χ1v) is 7.96. The Kier molecular flexibility index (Phi) is 11.1. The summed E-state index contributed by atoms with van der Waals surface area (Å²) in [6.45, 7) is 2.16. The zero-order valence-corrected chi connectivity index (χ0v) is 13.7. The van der Waals surface area contributed by atoms with Crippen molar-refractivity contribution in [2.45, 2.75) is 82.0 Å². The smallest absolute Gasteiger partial charge is 0.661 e. The molecule has 4 atom stereocenters. The fraction of sp³-hybridized carbons (Fsp3) is 1.00. The summed E-state index contributed by atoms with van der Waals surface area (Å²) in [7, 11) is 0. The van der Waals surface area contributed by atoms with Crippen LogP contribution in [0.3, 0.4) is 0 Å². The van der Waals surface area contributed by atoms with E-state index in [2.05, 4.69) is 0 Å². The van der Waals surface area contributed by atoms with Crippen LogP contribution in [-0.2, 0) is 17.1 Å². The fourth-order valence-electron chi connectivity index (χ4n) is 3.77. The molecule has 3 rings (SSSR count). The predicted molar refractivity (Wildman–Crippen MR) is 83.7 cm³/mol. The average molecular weight is 348 g/mol. The van der Waals surface area contributed by atoms with E-state index in [0.29, 0.717) is 24.2 Å². The van der Waals surface area contributed by atoms with Crippen LogP contribution >= 0.6 is 0 Å². The summed E-state index contributed by atoms with van der Waals surface area (Å²) in [5, 5.41) is 14.8. The van der Waals surface area contributed by atoms with Crippen molar-refractivity contribution < 1.29 is 28.0 Å². The summed E-state index contributed by atoms with van der Waals surface area (Å²) >= 11 is 0. The molecule has 6 heteroatoms. The van der Waals surface area contributed by atoms with Crippen LogP contribution in [0.25, 0.3) is 16.0 Å². The second kappa shape index (κ2) is 10.9. The molecule has 0 aromatic heterocycles. The Labute approximate surface area is 139 Å². The summed E-state index contributed by atoms with van der Waals surface area (Å²) in [6.07, 6.45) is 11.8. The van der Waals surface area contributed by atoms with E-state index in [1.165, 1.54) is 57.8 Å². The zero-order valence-electron chi connectivity index (χ0n) is 12.7. The fourth-order valence-corrected chi connectivity index (χ4v) is 3.77. The summed E-state index contributed by atoms with van der Waals surface area (Å²) in [5.41, 5.74) is 0. The van der Waals surface area contributed by atoms with Crippen LogP contribution in [-0.4, -0.2) is 48.2 Å². The zero-order chi connectivity index (χ0) is 12.2. The van der Waals surface area contributed by atoms with Gasteiger partial charge in [-0.25, -0.2) is 0 Å². The molecule has 129 valence electrons. The van der Waals surface area contributed by atoms with E-state index < -0.39 is 0 Å². The van der Waals surface area contributed by atoms with Crippen LogP contribution in [0.4, 0.5) is 0 Å². The second-order valence-corrected chi connectivity index (χ2v) is 6.15. The van der Waals surface area contributed by atoms with E-state index in [-0.39, 0.29) is 28.0 Å². The van der Waals surface area contributed by atoms with Crippen molar-refractivity contribution in [2.24, 2.45) is 0 Å². The third kappa shape index (κ3) is 5.79. The van der Waals surface area contributed by atoms with Gasteiger partial charge in [0.15, 0.2) is 0 Å². The van der Waals surface area contributed by atoms with Crippen molar-refractivity contribution in [1.82, 2.24) is 0 Å². The van der Waals surface area contributed by atoms with Crippen molar-refractivity contribution >= 4 is 0 Å². The molecule has 0 bridgehead atoms. The Morgan fingerprint density at radius 3 is 1.33 bits per heavy atom. The minimum atomic E-state index is 0. The van der Waals surface area contributed by atoms with Gasteiger partial charge < -0.3 is 26.9 Å². The first-order chi connectivity index (χ1) is 8.93. The van der Waals surface area contributed by atoms with Gasteiger partial charge in [-0.3, -0.25) is 0 Å². The minimum absolute atomic E-state index is 0. The first kappa shape index (κ1) is 21.3. The van der Waals surface area contributed by atoms with Crippen molar-refractivity contribution in [1.29, 1.82) is 0 Å². The normalized spacial score (nSPS) is 36.6. The molecule has 21 heavy (non-hydrogen) atoms. The van der Waals surface area contributed by atoms with E-state index in [9.17, 15) is 0 Å². The Bertz CT molecular complexity index is 235. The van der Waals surface area contributed by atoms with E-state index in [0.717, 1.165) is 13.1 Å². The summed E-state index contributed by atoms with van der Waals surface area (Å²) in [4.78, 5) is 0. The molecular formula is C15H30CuN3O2-. The average Bonchev–Trinajstić information content (AvgIpc) is 2.49. The van der Waals surface area contributed by atoms with Gasteiger partial charge in [0, 0.05) is 0 Å². The third-order valence-corrected chi connectivity index (χ3v) is 4.81. The summed E-state index contributed by atoms with van der Waals surface area (Å²) in [5.74, 6) is 0. The maximum absolute atomic E-state index is 5.14. The van der Waals surface area contributed by atoms with Gasteiger partial charge in [-0.05, 0) is 0 Å². The van der Waals surface area contributed by atoms with Gasteiger partial charge in [0.1, 0.15) is 0 Å². The van der Waals surface area contributed by atoms with Crippen LogP contribution in [0.1, 0.15) is 57.8 Å². The molecule has 3 fully saturated rings. The number of rotatable bonds is 2. The maximum atomic E-state index is 5.14. The summed E-state index contributed by atoms with van der Waals surface area (Å²) < 4.78 is 0. The molecule has 5 nitrogen and oxygen atoms in total. The maximum Gasteiger partial charge on any atom is 2.00 e. The van der Waals surface area contributed by atoms with Crippen molar-refractivity contribution in [3.8, 4) is 0 Å². The van der Waals surface area contributed by atoms with Crippen LogP contribution in [0, 0.1) is 0 Å². The number of hydrogen-bond acceptors (Lipinski definition) is 0. The number of piperidine rings is 3. The first-order valence-electron chi connectivity index (χ1n) is 7.96. The molecule has 3 saturated heterocycles. The molecule has 3 heterocycles. The topological polar surface area (TPSA) is 105 Å². The summed E-state index contributed by atoms with van der Waals surface area (Å²) in [6, 6.07) is 2.15. The van der Waals surface area contributed by atoms with Crippen molar-refractivity contribution in [2.75, 3.05) is 13.1 Å². The van der Waals surface area contributed by atoms with E-state index in [4.69, 9.17) is 16.0 Å². The van der Waals surface area contributed by atoms with Crippen LogP contribution in [0.15, 0.2) is 0 Å². The van der Waals surface area contributed by atoms with Gasteiger partial charge in [0.05, 0.1) is 0 Å². The quantitative estimate of drug-likeness (QED) is 0.684. The molecule has 4 unspecified atom stereocenters. The Morgan fingerprint density at radius 2 is 0.952 bits per heavy atom. The van der Waals surface area contributed by atoms with Gasteiger partial charge in [0.2, 0.25) is 0 Å². The Hall–Kier alpha value is 0.319. The third-order valence-electron chi connectivity index (χ3n) is 4.81. The predicted octanol–water partition coefficient (Wildman–Crippen LogP) is 2.48. The van der Waals surface area contributed by atoms with Gasteiger partial charge in [0.25, 0.3) is 0 Å². The molecule has 3 aliphatic rings. The van der Waals surface area contributed by atoms with Gasteiger partial charge in [-0.15, -0.1) is 13.1 Å².